The Morgan fingerprint density at radius 1 is 1.03 bits per heavy atom. The molecular weight excluding hydrogens is 446 g/mol. The van der Waals surface area contributed by atoms with E-state index in [1.54, 1.807) is 0 Å². The van der Waals surface area contributed by atoms with Gasteiger partial charge in [0.15, 0.2) is 0 Å². The molecule has 3 aromatic rings. The quantitative estimate of drug-likeness (QED) is 0.564. The number of piperidine rings is 1. The number of rotatable bonds is 4. The first-order valence-electron chi connectivity index (χ1n) is 11.8. The molecule has 2 aromatic carbocycles. The number of anilines is 1. The van der Waals surface area contributed by atoms with Gasteiger partial charge in [0.05, 0.1) is 5.69 Å². The Bertz CT molecular complexity index is 1240. The molecule has 3 N–H and O–H groups in total. The number of nitrogens with two attached hydrogens (primary N) is 1. The number of carbonyl (C=O) groups is 1. The lowest BCUT2D eigenvalue weighted by Gasteiger charge is -2.32. The summed E-state index contributed by atoms with van der Waals surface area (Å²) in [7, 11) is 0. The largest absolute Gasteiger partial charge is 0.480 e. The summed E-state index contributed by atoms with van der Waals surface area (Å²) < 4.78 is 0. The van der Waals surface area contributed by atoms with E-state index in [1.807, 2.05) is 30.5 Å². The molecule has 0 unspecified atom stereocenters. The fourth-order valence-corrected chi connectivity index (χ4v) is 5.30. The highest BCUT2D eigenvalue weighted by atomic mass is 35.5. The molecule has 5 nitrogen and oxygen atoms in total. The van der Waals surface area contributed by atoms with Crippen molar-refractivity contribution in [2.24, 2.45) is 5.73 Å². The van der Waals surface area contributed by atoms with Gasteiger partial charge in [-0.25, -0.2) is 0 Å². The van der Waals surface area contributed by atoms with Crippen molar-refractivity contribution in [3.63, 3.8) is 0 Å². The Morgan fingerprint density at radius 3 is 2.50 bits per heavy atom. The molecule has 0 radical (unpaired) electrons. The van der Waals surface area contributed by atoms with E-state index >= 15 is 0 Å². The molecule has 1 atom stereocenters. The minimum Gasteiger partial charge on any atom is -0.480 e. The van der Waals surface area contributed by atoms with Crippen LogP contribution in [0.5, 0.6) is 0 Å². The van der Waals surface area contributed by atoms with E-state index in [-0.39, 0.29) is 0 Å². The summed E-state index contributed by atoms with van der Waals surface area (Å²) in [5.41, 5.74) is 15.5. The topological polar surface area (TPSA) is 79.5 Å². The van der Waals surface area contributed by atoms with E-state index in [1.165, 1.54) is 27.8 Å². The minimum atomic E-state index is -0.973. The first-order chi connectivity index (χ1) is 16.5. The van der Waals surface area contributed by atoms with E-state index < -0.39 is 12.0 Å². The van der Waals surface area contributed by atoms with Crippen LogP contribution in [0.4, 0.5) is 5.69 Å². The smallest absolute Gasteiger partial charge is 0.320 e. The molecule has 0 bridgehead atoms. The van der Waals surface area contributed by atoms with Gasteiger partial charge in [-0.1, -0.05) is 41.4 Å². The number of pyridine rings is 1. The third-order valence-electron chi connectivity index (χ3n) is 6.92. The van der Waals surface area contributed by atoms with Gasteiger partial charge in [-0.2, -0.15) is 0 Å². The normalized spacial score (nSPS) is 16.5. The van der Waals surface area contributed by atoms with Crippen LogP contribution in [-0.2, 0) is 24.1 Å². The van der Waals surface area contributed by atoms with Gasteiger partial charge in [0.2, 0.25) is 0 Å². The van der Waals surface area contributed by atoms with Gasteiger partial charge in [0.25, 0.3) is 0 Å². The average Bonchev–Trinajstić information content (AvgIpc) is 3.01. The van der Waals surface area contributed by atoms with Crippen molar-refractivity contribution >= 4 is 28.8 Å². The predicted octanol–water partition coefficient (Wildman–Crippen LogP) is 4.89. The van der Waals surface area contributed by atoms with Gasteiger partial charge in [-0.05, 0) is 84.7 Å². The van der Waals surface area contributed by atoms with Crippen LogP contribution >= 0.6 is 11.6 Å². The second-order valence-electron chi connectivity index (χ2n) is 9.09. The Hall–Kier alpha value is -3.15. The summed E-state index contributed by atoms with van der Waals surface area (Å²) in [5, 5.41) is 9.82. The molecular formula is C28H28ClN3O2. The number of aryl methyl sites for hydroxylation is 2. The summed E-state index contributed by atoms with van der Waals surface area (Å²) in [6.07, 6.45) is 6.11. The summed E-state index contributed by atoms with van der Waals surface area (Å²) in [6.45, 7) is 1.86. The zero-order valence-corrected chi connectivity index (χ0v) is 19.8. The number of hydrogen-bond acceptors (Lipinski definition) is 4. The predicted molar refractivity (Wildman–Crippen MR) is 136 cm³/mol. The molecule has 1 aromatic heterocycles. The number of fused-ring (bicyclic) bond motifs is 2. The van der Waals surface area contributed by atoms with Crippen LogP contribution in [0.2, 0.25) is 5.02 Å². The summed E-state index contributed by atoms with van der Waals surface area (Å²) in [6, 6.07) is 17.7. The highest BCUT2D eigenvalue weighted by molar-refractivity contribution is 6.30. The monoisotopic (exact) mass is 473 g/mol. The number of hydrogen-bond donors (Lipinski definition) is 2. The fraction of sp³-hybridized carbons (Fsp3) is 0.286. The van der Waals surface area contributed by atoms with E-state index in [2.05, 4.69) is 35.2 Å². The Kier molecular flexibility index (Phi) is 6.40. The number of carboxylic acids is 1. The second-order valence-corrected chi connectivity index (χ2v) is 9.53. The Morgan fingerprint density at radius 2 is 1.76 bits per heavy atom. The van der Waals surface area contributed by atoms with Crippen LogP contribution in [0.1, 0.15) is 40.8 Å². The lowest BCUT2D eigenvalue weighted by molar-refractivity contribution is -0.138. The molecule has 174 valence electrons. The molecule has 6 heteroatoms. The summed E-state index contributed by atoms with van der Waals surface area (Å²) in [4.78, 5) is 18.2. The molecule has 1 fully saturated rings. The van der Waals surface area contributed by atoms with E-state index in [0.29, 0.717) is 6.42 Å². The summed E-state index contributed by atoms with van der Waals surface area (Å²) in [5.74, 6) is -0.973. The van der Waals surface area contributed by atoms with Crippen molar-refractivity contribution in [1.82, 2.24) is 4.98 Å². The molecule has 2 aliphatic rings. The van der Waals surface area contributed by atoms with Crippen LogP contribution in [0.15, 0.2) is 66.4 Å². The highest BCUT2D eigenvalue weighted by Crippen LogP contribution is 2.39. The molecule has 0 saturated carbocycles. The van der Waals surface area contributed by atoms with Crippen molar-refractivity contribution in [2.75, 3.05) is 18.0 Å². The van der Waals surface area contributed by atoms with Crippen molar-refractivity contribution in [2.45, 2.75) is 38.1 Å². The number of aliphatic carboxylic acids is 1. The third-order valence-corrected chi connectivity index (χ3v) is 7.16. The maximum atomic E-state index is 11.0. The third kappa shape index (κ3) is 4.59. The van der Waals surface area contributed by atoms with Crippen LogP contribution in [0.3, 0.4) is 0 Å². The van der Waals surface area contributed by atoms with Crippen LogP contribution in [0, 0.1) is 0 Å². The van der Waals surface area contributed by atoms with E-state index in [0.717, 1.165) is 60.7 Å². The number of nitrogens with zero attached hydrogens (tertiary/aromatic N) is 2. The fourth-order valence-electron chi connectivity index (χ4n) is 5.10. The van der Waals surface area contributed by atoms with Gasteiger partial charge in [0.1, 0.15) is 6.04 Å². The SMILES string of the molecule is N[C@@H](Cc1ccc(N2CCC(=C3c4ccc(Cl)cc4CCc4cccnc43)CC2)cc1)C(=O)O. The zero-order valence-electron chi connectivity index (χ0n) is 19.0. The van der Waals surface area contributed by atoms with Crippen LogP contribution in [0.25, 0.3) is 5.57 Å². The number of benzene rings is 2. The molecule has 1 saturated heterocycles. The zero-order chi connectivity index (χ0) is 23.7. The van der Waals surface area contributed by atoms with E-state index in [9.17, 15) is 4.79 Å². The van der Waals surface area contributed by atoms with Gasteiger partial charge in [0, 0.05) is 35.6 Å². The molecule has 1 aliphatic heterocycles. The number of halogens is 1. The lowest BCUT2D eigenvalue weighted by Crippen LogP contribution is -2.32. The molecule has 1 aliphatic carbocycles. The molecule has 0 spiro atoms. The van der Waals surface area contributed by atoms with Gasteiger partial charge < -0.3 is 15.7 Å². The second kappa shape index (κ2) is 9.61. The van der Waals surface area contributed by atoms with Crippen molar-refractivity contribution in [3.8, 4) is 0 Å². The number of aromatic nitrogens is 1. The van der Waals surface area contributed by atoms with E-state index in [4.69, 9.17) is 27.4 Å². The van der Waals surface area contributed by atoms with Crippen molar-refractivity contribution in [1.29, 1.82) is 0 Å². The standard InChI is InChI=1S/C28H28ClN3O2/c29-22-7-10-24-21(17-22)6-5-20-2-1-13-31-27(20)26(24)19-11-14-32(15-12-19)23-8-3-18(4-9-23)16-25(30)28(33)34/h1-4,7-10,13,17,25H,5-6,11-12,14-16,30H2,(H,33,34)/t25-/m0/s1. The van der Waals surface area contributed by atoms with Crippen molar-refractivity contribution in [3.05, 3.63) is 99.3 Å². The summed E-state index contributed by atoms with van der Waals surface area (Å²) >= 11 is 6.34. The lowest BCUT2D eigenvalue weighted by atomic mass is 9.88. The average molecular weight is 474 g/mol. The number of carboxylic acid groups (broad SMARTS) is 1. The first kappa shape index (κ1) is 22.6. The maximum Gasteiger partial charge on any atom is 0.320 e. The van der Waals surface area contributed by atoms with Gasteiger partial charge >= 0.3 is 5.97 Å². The molecule has 0 amide bonds. The van der Waals surface area contributed by atoms with Crippen LogP contribution < -0.4 is 10.6 Å². The van der Waals surface area contributed by atoms with Gasteiger partial charge in [-0.3, -0.25) is 9.78 Å². The van der Waals surface area contributed by atoms with Crippen LogP contribution in [-0.4, -0.2) is 35.2 Å². The molecule has 34 heavy (non-hydrogen) atoms. The molecule has 5 rings (SSSR count). The Balaban J connectivity index is 1.40. The van der Waals surface area contributed by atoms with Gasteiger partial charge in [-0.15, -0.1) is 0 Å². The Labute approximate surface area is 204 Å². The molecule has 2 heterocycles. The highest BCUT2D eigenvalue weighted by Gasteiger charge is 2.25. The first-order valence-corrected chi connectivity index (χ1v) is 12.1. The van der Waals surface area contributed by atoms with Crippen molar-refractivity contribution < 1.29 is 9.90 Å². The minimum absolute atomic E-state index is 0.335. The maximum absolute atomic E-state index is 11.0.